The molecule has 2 N–H and O–H groups in total. The van der Waals surface area contributed by atoms with E-state index in [1.165, 1.54) is 12.1 Å². The van der Waals surface area contributed by atoms with Crippen LogP contribution in [0, 0.1) is 12.7 Å². The van der Waals surface area contributed by atoms with Crippen LogP contribution in [0.15, 0.2) is 53.4 Å². The molecular weight excluding hydrogens is 421 g/mol. The summed E-state index contributed by atoms with van der Waals surface area (Å²) in [5.41, 5.74) is 1.83. The first kappa shape index (κ1) is 22.7. The zero-order valence-corrected chi connectivity index (χ0v) is 18.9. The average molecular weight is 450 g/mol. The molecule has 1 aliphatic heterocycles. The molecule has 2 unspecified atom stereocenters. The summed E-state index contributed by atoms with van der Waals surface area (Å²) in [5, 5.41) is 6.56. The Bertz CT molecular complexity index is 963. The van der Waals surface area contributed by atoms with E-state index in [4.69, 9.17) is 12.2 Å². The smallest absolute Gasteiger partial charge is 0.243 e. The molecule has 1 aliphatic rings. The molecule has 8 heteroatoms. The van der Waals surface area contributed by atoms with E-state index in [2.05, 4.69) is 10.6 Å². The van der Waals surface area contributed by atoms with Crippen LogP contribution >= 0.6 is 12.2 Å². The maximum absolute atomic E-state index is 13.6. The Kier molecular flexibility index (Phi) is 7.44. The lowest BCUT2D eigenvalue weighted by Gasteiger charge is -2.30. The van der Waals surface area contributed by atoms with Crippen LogP contribution in [0.1, 0.15) is 42.9 Å². The number of thiocarbonyl (C=S) groups is 1. The van der Waals surface area contributed by atoms with E-state index in [1.807, 2.05) is 19.1 Å². The van der Waals surface area contributed by atoms with Gasteiger partial charge in [0.05, 0.1) is 10.9 Å². The van der Waals surface area contributed by atoms with Crippen LogP contribution in [0.5, 0.6) is 0 Å². The summed E-state index contributed by atoms with van der Waals surface area (Å²) in [6, 6.07) is 12.7. The van der Waals surface area contributed by atoms with Crippen molar-refractivity contribution < 1.29 is 12.8 Å². The largest absolute Gasteiger partial charge is 0.366 e. The average Bonchev–Trinajstić information content (AvgIpc) is 3.16. The third-order valence-corrected chi connectivity index (χ3v) is 7.84. The zero-order valence-electron chi connectivity index (χ0n) is 17.3. The highest BCUT2D eigenvalue weighted by Gasteiger charge is 2.42. The molecular formula is C22H28FN3O2S2. The van der Waals surface area contributed by atoms with Gasteiger partial charge < -0.3 is 10.6 Å². The number of aryl methyl sites for hydroxylation is 1. The van der Waals surface area contributed by atoms with Crippen LogP contribution in [-0.4, -0.2) is 37.5 Å². The molecule has 0 aliphatic carbocycles. The Morgan fingerprint density at radius 1 is 1.13 bits per heavy atom. The second kappa shape index (κ2) is 9.85. The van der Waals surface area contributed by atoms with Gasteiger partial charge >= 0.3 is 0 Å². The van der Waals surface area contributed by atoms with E-state index in [0.29, 0.717) is 23.0 Å². The molecule has 30 heavy (non-hydrogen) atoms. The second-order valence-electron chi connectivity index (χ2n) is 7.59. The third kappa shape index (κ3) is 5.17. The topological polar surface area (TPSA) is 61.4 Å². The van der Waals surface area contributed by atoms with Crippen LogP contribution < -0.4 is 10.6 Å². The van der Waals surface area contributed by atoms with Gasteiger partial charge in [-0.25, -0.2) is 12.8 Å². The van der Waals surface area contributed by atoms with Gasteiger partial charge in [0.15, 0.2) is 5.11 Å². The molecule has 2 aromatic carbocycles. The van der Waals surface area contributed by atoms with E-state index in [0.717, 1.165) is 30.4 Å². The van der Waals surface area contributed by atoms with Gasteiger partial charge in [-0.3, -0.25) is 0 Å². The van der Waals surface area contributed by atoms with Gasteiger partial charge in [-0.2, -0.15) is 4.31 Å². The fourth-order valence-electron chi connectivity index (χ4n) is 3.95. The van der Waals surface area contributed by atoms with Gasteiger partial charge in [-0.1, -0.05) is 29.8 Å². The second-order valence-corrected chi connectivity index (χ2v) is 9.85. The minimum Gasteiger partial charge on any atom is -0.366 e. The number of rotatable bonds is 7. The molecule has 1 fully saturated rings. The summed E-state index contributed by atoms with van der Waals surface area (Å²) in [6.45, 7) is 2.61. The van der Waals surface area contributed by atoms with Gasteiger partial charge in [-0.05, 0) is 74.7 Å². The quantitative estimate of drug-likeness (QED) is 0.496. The number of hydrogen-bond donors (Lipinski definition) is 2. The zero-order chi connectivity index (χ0) is 21.7. The summed E-state index contributed by atoms with van der Waals surface area (Å²) in [7, 11) is -1.93. The van der Waals surface area contributed by atoms with Gasteiger partial charge in [0.2, 0.25) is 10.0 Å². The SMILES string of the molecule is CNC(=S)NCCCC1CCC(c2ccc(F)cc2)N1S(=O)(=O)c1ccc(C)cc1. The molecule has 2 atom stereocenters. The molecule has 2 aromatic rings. The van der Waals surface area contributed by atoms with Crippen molar-refractivity contribution in [1.82, 2.24) is 14.9 Å². The Balaban J connectivity index is 1.86. The first-order chi connectivity index (χ1) is 14.3. The van der Waals surface area contributed by atoms with Crippen molar-refractivity contribution >= 4 is 27.4 Å². The summed E-state index contributed by atoms with van der Waals surface area (Å²) in [6.07, 6.45) is 3.00. The molecule has 0 amide bonds. The molecule has 5 nitrogen and oxygen atoms in total. The Hall–Kier alpha value is -2.03. The van der Waals surface area contributed by atoms with E-state index in [9.17, 15) is 12.8 Å². The van der Waals surface area contributed by atoms with Crippen molar-refractivity contribution in [3.8, 4) is 0 Å². The van der Waals surface area contributed by atoms with Gasteiger partial charge in [0, 0.05) is 19.6 Å². The van der Waals surface area contributed by atoms with Crippen LogP contribution in [0.2, 0.25) is 0 Å². The fourth-order valence-corrected chi connectivity index (χ4v) is 5.94. The Morgan fingerprint density at radius 2 is 1.80 bits per heavy atom. The number of nitrogens with zero attached hydrogens (tertiary/aromatic N) is 1. The minimum absolute atomic E-state index is 0.115. The highest BCUT2D eigenvalue weighted by molar-refractivity contribution is 7.89. The number of nitrogens with one attached hydrogen (secondary N) is 2. The molecule has 162 valence electrons. The maximum Gasteiger partial charge on any atom is 0.243 e. The molecule has 0 aromatic heterocycles. The monoisotopic (exact) mass is 449 g/mol. The predicted octanol–water partition coefficient (Wildman–Crippen LogP) is 3.90. The molecule has 1 saturated heterocycles. The van der Waals surface area contributed by atoms with Crippen LogP contribution in [0.25, 0.3) is 0 Å². The maximum atomic E-state index is 13.6. The molecule has 3 rings (SSSR count). The number of halogens is 1. The molecule has 0 radical (unpaired) electrons. The Morgan fingerprint density at radius 3 is 2.43 bits per heavy atom. The third-order valence-electron chi connectivity index (χ3n) is 5.52. The lowest BCUT2D eigenvalue weighted by Crippen LogP contribution is -2.38. The van der Waals surface area contributed by atoms with Crippen molar-refractivity contribution in [2.45, 2.75) is 49.6 Å². The van der Waals surface area contributed by atoms with Gasteiger partial charge in [-0.15, -0.1) is 0 Å². The van der Waals surface area contributed by atoms with Crippen LogP contribution in [0.4, 0.5) is 4.39 Å². The van der Waals surface area contributed by atoms with E-state index < -0.39 is 10.0 Å². The standard InChI is InChI=1S/C22H28FN3O2S2/c1-16-5-12-20(13-6-16)30(27,28)26-19(4-3-15-25-22(29)24-2)11-14-21(26)17-7-9-18(23)10-8-17/h5-10,12-13,19,21H,3-4,11,14-15H2,1-2H3,(H2,24,25,29). The molecule has 0 spiro atoms. The van der Waals surface area contributed by atoms with Gasteiger partial charge in [0.1, 0.15) is 5.82 Å². The lowest BCUT2D eigenvalue weighted by molar-refractivity contribution is 0.309. The summed E-state index contributed by atoms with van der Waals surface area (Å²) in [5.74, 6) is -0.326. The highest BCUT2D eigenvalue weighted by Crippen LogP contribution is 2.42. The van der Waals surface area contributed by atoms with Crippen LogP contribution in [0.3, 0.4) is 0 Å². The normalized spacial score (nSPS) is 19.6. The first-order valence-corrected chi connectivity index (χ1v) is 12.0. The summed E-state index contributed by atoms with van der Waals surface area (Å²) in [4.78, 5) is 0.293. The van der Waals surface area contributed by atoms with Gasteiger partial charge in [0.25, 0.3) is 0 Å². The predicted molar refractivity (Wildman–Crippen MR) is 121 cm³/mol. The van der Waals surface area contributed by atoms with E-state index >= 15 is 0 Å². The van der Waals surface area contributed by atoms with E-state index in [1.54, 1.807) is 35.6 Å². The minimum atomic E-state index is -3.69. The fraction of sp³-hybridized carbons (Fsp3) is 0.409. The van der Waals surface area contributed by atoms with Crippen molar-refractivity contribution in [1.29, 1.82) is 0 Å². The Labute approximate surface area is 183 Å². The first-order valence-electron chi connectivity index (χ1n) is 10.1. The van der Waals surface area contributed by atoms with Crippen molar-refractivity contribution in [2.75, 3.05) is 13.6 Å². The number of benzene rings is 2. The number of sulfonamides is 1. The summed E-state index contributed by atoms with van der Waals surface area (Å²) >= 11 is 5.09. The molecule has 0 bridgehead atoms. The highest BCUT2D eigenvalue weighted by atomic mass is 32.2. The lowest BCUT2D eigenvalue weighted by atomic mass is 10.0. The summed E-state index contributed by atoms with van der Waals surface area (Å²) < 4.78 is 42.3. The van der Waals surface area contributed by atoms with Crippen molar-refractivity contribution in [2.24, 2.45) is 0 Å². The molecule has 1 heterocycles. The van der Waals surface area contributed by atoms with Crippen LogP contribution in [-0.2, 0) is 10.0 Å². The van der Waals surface area contributed by atoms with Crippen molar-refractivity contribution in [3.05, 3.63) is 65.5 Å². The molecule has 0 saturated carbocycles. The van der Waals surface area contributed by atoms with E-state index in [-0.39, 0.29) is 17.9 Å². The van der Waals surface area contributed by atoms with Crippen molar-refractivity contribution in [3.63, 3.8) is 0 Å². The number of hydrogen-bond acceptors (Lipinski definition) is 3.